The minimum Gasteiger partial charge on any atom is -0.368 e. The lowest BCUT2D eigenvalue weighted by Gasteiger charge is -2.06. The van der Waals surface area contributed by atoms with Gasteiger partial charge in [-0.1, -0.05) is 17.7 Å². The van der Waals surface area contributed by atoms with Crippen molar-refractivity contribution in [1.82, 2.24) is 19.9 Å². The van der Waals surface area contributed by atoms with Crippen molar-refractivity contribution in [3.05, 3.63) is 36.2 Å². The Balaban J connectivity index is 2.03. The number of benzene rings is 1. The van der Waals surface area contributed by atoms with Gasteiger partial charge in [0.25, 0.3) is 0 Å². The van der Waals surface area contributed by atoms with Crippen LogP contribution in [0, 0.1) is 6.92 Å². The predicted octanol–water partition coefficient (Wildman–Crippen LogP) is 1.99. The predicted molar refractivity (Wildman–Crippen MR) is 70.6 cm³/mol. The first-order chi connectivity index (χ1) is 8.72. The highest BCUT2D eigenvalue weighted by Gasteiger charge is 2.08. The molecule has 2 heterocycles. The molecule has 3 aromatic rings. The van der Waals surface area contributed by atoms with Crippen LogP contribution < -0.4 is 11.1 Å². The van der Waals surface area contributed by atoms with Crippen molar-refractivity contribution >= 4 is 28.6 Å². The third kappa shape index (κ3) is 1.84. The van der Waals surface area contributed by atoms with Gasteiger partial charge in [-0.15, -0.1) is 0 Å². The average Bonchev–Trinajstić information content (AvgIpc) is 2.80. The normalized spacial score (nSPS) is 10.7. The number of nitrogens with two attached hydrogens (primary N) is 1. The second-order valence-corrected chi connectivity index (χ2v) is 4.02. The molecule has 0 unspecified atom stereocenters. The molecule has 0 aliphatic heterocycles. The second kappa shape index (κ2) is 3.99. The number of imidazole rings is 1. The highest BCUT2D eigenvalue weighted by Crippen LogP contribution is 2.21. The van der Waals surface area contributed by atoms with Crippen LogP contribution in [0.15, 0.2) is 30.6 Å². The summed E-state index contributed by atoms with van der Waals surface area (Å²) in [6.45, 7) is 2.04. The number of fused-ring (bicyclic) bond motifs is 1. The lowest BCUT2D eigenvalue weighted by atomic mass is 10.2. The highest BCUT2D eigenvalue weighted by molar-refractivity contribution is 5.85. The van der Waals surface area contributed by atoms with Crippen LogP contribution >= 0.6 is 0 Å². The molecular formula is C12H12N6. The van der Waals surface area contributed by atoms with Crippen molar-refractivity contribution in [3.8, 4) is 0 Å². The van der Waals surface area contributed by atoms with E-state index < -0.39 is 0 Å². The molecule has 0 saturated carbocycles. The average molecular weight is 240 g/mol. The third-order valence-corrected chi connectivity index (χ3v) is 2.61. The number of aryl methyl sites for hydroxylation is 1. The summed E-state index contributed by atoms with van der Waals surface area (Å²) in [6, 6.07) is 8.00. The zero-order valence-corrected chi connectivity index (χ0v) is 9.81. The summed E-state index contributed by atoms with van der Waals surface area (Å²) in [6.07, 6.45) is 1.57. The molecule has 0 spiro atoms. The van der Waals surface area contributed by atoms with Crippen LogP contribution in [0.2, 0.25) is 0 Å². The van der Waals surface area contributed by atoms with Crippen molar-refractivity contribution < 1.29 is 0 Å². The summed E-state index contributed by atoms with van der Waals surface area (Å²) in [7, 11) is 0. The number of nitrogen functional groups attached to an aromatic ring is 1. The summed E-state index contributed by atoms with van der Waals surface area (Å²) in [4.78, 5) is 15.3. The minimum atomic E-state index is 0.210. The summed E-state index contributed by atoms with van der Waals surface area (Å²) in [5, 5.41) is 3.19. The maximum atomic E-state index is 5.65. The van der Waals surface area contributed by atoms with Gasteiger partial charge in [-0.3, -0.25) is 0 Å². The number of aromatic nitrogens is 4. The highest BCUT2D eigenvalue weighted by atomic mass is 15.1. The van der Waals surface area contributed by atoms with E-state index in [2.05, 4.69) is 25.3 Å². The zero-order chi connectivity index (χ0) is 12.5. The summed E-state index contributed by atoms with van der Waals surface area (Å²) in [5.74, 6) is 0.809. The Morgan fingerprint density at radius 3 is 2.72 bits per heavy atom. The molecule has 4 N–H and O–H groups in total. The lowest BCUT2D eigenvalue weighted by Crippen LogP contribution is -2.01. The summed E-state index contributed by atoms with van der Waals surface area (Å²) in [5.41, 5.74) is 9.08. The quantitative estimate of drug-likeness (QED) is 0.637. The van der Waals surface area contributed by atoms with Gasteiger partial charge < -0.3 is 16.0 Å². The Labute approximate surface area is 103 Å². The molecule has 0 amide bonds. The van der Waals surface area contributed by atoms with E-state index in [1.165, 1.54) is 5.56 Å². The van der Waals surface area contributed by atoms with Gasteiger partial charge >= 0.3 is 0 Å². The fourth-order valence-electron chi connectivity index (χ4n) is 1.71. The molecule has 0 bridgehead atoms. The number of H-pyrrole nitrogens is 1. The van der Waals surface area contributed by atoms with Crippen LogP contribution in [-0.4, -0.2) is 19.9 Å². The van der Waals surface area contributed by atoms with Gasteiger partial charge in [-0.25, -0.2) is 4.98 Å². The maximum absolute atomic E-state index is 5.65. The van der Waals surface area contributed by atoms with Gasteiger partial charge in [-0.05, 0) is 19.1 Å². The fraction of sp³-hybridized carbons (Fsp3) is 0.0833. The number of rotatable bonds is 2. The van der Waals surface area contributed by atoms with Crippen molar-refractivity contribution in [2.24, 2.45) is 0 Å². The van der Waals surface area contributed by atoms with Crippen molar-refractivity contribution in [2.45, 2.75) is 6.92 Å². The molecule has 0 fully saturated rings. The summed E-state index contributed by atoms with van der Waals surface area (Å²) < 4.78 is 0. The minimum absolute atomic E-state index is 0.210. The van der Waals surface area contributed by atoms with Gasteiger partial charge in [0.05, 0.1) is 6.33 Å². The Kier molecular flexibility index (Phi) is 2.33. The molecule has 90 valence electrons. The number of hydrogen-bond acceptors (Lipinski definition) is 5. The molecule has 0 radical (unpaired) electrons. The molecule has 18 heavy (non-hydrogen) atoms. The van der Waals surface area contributed by atoms with E-state index in [0.29, 0.717) is 17.0 Å². The Hall–Kier alpha value is -2.63. The number of aromatic amines is 1. The molecule has 0 aliphatic carbocycles. The lowest BCUT2D eigenvalue weighted by molar-refractivity contribution is 1.21. The Morgan fingerprint density at radius 1 is 1.17 bits per heavy atom. The molecular weight excluding hydrogens is 228 g/mol. The number of nitrogens with zero attached hydrogens (tertiary/aromatic N) is 3. The largest absolute Gasteiger partial charge is 0.368 e. The smallest absolute Gasteiger partial charge is 0.224 e. The first-order valence-electron chi connectivity index (χ1n) is 5.52. The topological polar surface area (TPSA) is 92.5 Å². The van der Waals surface area contributed by atoms with Crippen molar-refractivity contribution in [3.63, 3.8) is 0 Å². The SMILES string of the molecule is Cc1ccc(Nc2nc(N)nc3[nH]cnc23)cc1. The fourth-order valence-corrected chi connectivity index (χ4v) is 1.71. The maximum Gasteiger partial charge on any atom is 0.224 e. The summed E-state index contributed by atoms with van der Waals surface area (Å²) >= 11 is 0. The van der Waals surface area contributed by atoms with Gasteiger partial charge in [-0.2, -0.15) is 9.97 Å². The zero-order valence-electron chi connectivity index (χ0n) is 9.81. The number of anilines is 3. The molecule has 2 aromatic heterocycles. The van der Waals surface area contributed by atoms with Gasteiger partial charge in [0.2, 0.25) is 5.95 Å². The van der Waals surface area contributed by atoms with E-state index in [1.54, 1.807) is 6.33 Å². The molecule has 0 saturated heterocycles. The monoisotopic (exact) mass is 240 g/mol. The van der Waals surface area contributed by atoms with E-state index in [9.17, 15) is 0 Å². The molecule has 6 heteroatoms. The Bertz CT molecular complexity index is 685. The van der Waals surface area contributed by atoms with Gasteiger partial charge in [0.1, 0.15) is 0 Å². The van der Waals surface area contributed by atoms with Crippen molar-refractivity contribution in [1.29, 1.82) is 0 Å². The Morgan fingerprint density at radius 2 is 1.94 bits per heavy atom. The number of nitrogens with one attached hydrogen (secondary N) is 2. The molecule has 3 rings (SSSR count). The van der Waals surface area contributed by atoms with E-state index in [0.717, 1.165) is 5.69 Å². The molecule has 0 aliphatic rings. The van der Waals surface area contributed by atoms with Crippen LogP contribution in [0.25, 0.3) is 11.2 Å². The van der Waals surface area contributed by atoms with Crippen LogP contribution in [-0.2, 0) is 0 Å². The van der Waals surface area contributed by atoms with E-state index in [-0.39, 0.29) is 5.95 Å². The van der Waals surface area contributed by atoms with E-state index in [1.807, 2.05) is 31.2 Å². The van der Waals surface area contributed by atoms with Crippen molar-refractivity contribution in [2.75, 3.05) is 11.1 Å². The third-order valence-electron chi connectivity index (χ3n) is 2.61. The number of hydrogen-bond donors (Lipinski definition) is 3. The first kappa shape index (κ1) is 10.5. The van der Waals surface area contributed by atoms with E-state index >= 15 is 0 Å². The first-order valence-corrected chi connectivity index (χ1v) is 5.52. The van der Waals surface area contributed by atoms with Gasteiger partial charge in [0, 0.05) is 5.69 Å². The molecule has 0 atom stereocenters. The van der Waals surface area contributed by atoms with Crippen LogP contribution in [0.5, 0.6) is 0 Å². The van der Waals surface area contributed by atoms with Crippen LogP contribution in [0.1, 0.15) is 5.56 Å². The van der Waals surface area contributed by atoms with E-state index in [4.69, 9.17) is 5.73 Å². The molecule has 6 nitrogen and oxygen atoms in total. The van der Waals surface area contributed by atoms with Crippen LogP contribution in [0.3, 0.4) is 0 Å². The van der Waals surface area contributed by atoms with Crippen LogP contribution in [0.4, 0.5) is 17.5 Å². The second-order valence-electron chi connectivity index (χ2n) is 4.02. The molecule has 1 aromatic carbocycles. The standard InChI is InChI=1S/C12H12N6/c1-7-2-4-8(5-3-7)16-11-9-10(15-6-14-9)17-12(13)18-11/h2-6H,1H3,(H4,13,14,15,16,17,18). The van der Waals surface area contributed by atoms with Gasteiger partial charge in [0.15, 0.2) is 17.0 Å².